The van der Waals surface area contributed by atoms with Gasteiger partial charge in [0.1, 0.15) is 0 Å². The van der Waals surface area contributed by atoms with Crippen LogP contribution in [0, 0.1) is 5.92 Å². The fourth-order valence-corrected chi connectivity index (χ4v) is 3.40. The van der Waals surface area contributed by atoms with Gasteiger partial charge in [-0.15, -0.1) is 0 Å². The van der Waals surface area contributed by atoms with Crippen molar-refractivity contribution in [2.24, 2.45) is 5.92 Å². The molecule has 0 aromatic heterocycles. The molecule has 1 aliphatic rings. The van der Waals surface area contributed by atoms with E-state index < -0.39 is 5.41 Å². The molecule has 1 fully saturated rings. The maximum atomic E-state index is 12.8. The van der Waals surface area contributed by atoms with Crippen LogP contribution in [-0.4, -0.2) is 49.7 Å². The van der Waals surface area contributed by atoms with Crippen LogP contribution in [0.15, 0.2) is 24.3 Å². The van der Waals surface area contributed by atoms with E-state index in [2.05, 4.69) is 24.1 Å². The van der Waals surface area contributed by atoms with Crippen molar-refractivity contribution in [2.75, 3.05) is 32.8 Å². The molecule has 1 aromatic rings. The molecule has 0 aliphatic carbocycles. The van der Waals surface area contributed by atoms with Gasteiger partial charge in [-0.05, 0) is 43.9 Å². The van der Waals surface area contributed by atoms with Gasteiger partial charge in [0, 0.05) is 30.7 Å². The minimum atomic E-state index is -0.585. The Balaban J connectivity index is 2.00. The predicted molar refractivity (Wildman–Crippen MR) is 103 cm³/mol. The van der Waals surface area contributed by atoms with E-state index in [0.717, 1.165) is 38.3 Å². The summed E-state index contributed by atoms with van der Waals surface area (Å²) in [5.74, 6) is 0.644. The van der Waals surface area contributed by atoms with Gasteiger partial charge >= 0.3 is 0 Å². The largest absolute Gasteiger partial charge is 0.379 e. The van der Waals surface area contributed by atoms with Gasteiger partial charge in [0.05, 0.1) is 18.6 Å². The zero-order valence-electron chi connectivity index (χ0n) is 15.8. The van der Waals surface area contributed by atoms with Crippen LogP contribution < -0.4 is 5.32 Å². The second-order valence-corrected chi connectivity index (χ2v) is 8.21. The fourth-order valence-electron chi connectivity index (χ4n) is 3.28. The van der Waals surface area contributed by atoms with Gasteiger partial charge in [-0.25, -0.2) is 0 Å². The van der Waals surface area contributed by atoms with Crippen molar-refractivity contribution in [3.63, 3.8) is 0 Å². The Morgan fingerprint density at radius 2 is 1.84 bits per heavy atom. The molecule has 25 heavy (non-hydrogen) atoms. The Bertz CT molecular complexity index is 551. The summed E-state index contributed by atoms with van der Waals surface area (Å²) in [4.78, 5) is 15.3. The summed E-state index contributed by atoms with van der Waals surface area (Å²) in [7, 11) is 0. The van der Waals surface area contributed by atoms with E-state index in [0.29, 0.717) is 23.5 Å². The number of hydrogen-bond acceptors (Lipinski definition) is 3. The number of nitrogens with zero attached hydrogens (tertiary/aromatic N) is 1. The van der Waals surface area contributed by atoms with Crippen molar-refractivity contribution in [2.45, 2.75) is 45.6 Å². The highest BCUT2D eigenvalue weighted by atomic mass is 35.5. The highest BCUT2D eigenvalue weighted by Gasteiger charge is 2.31. The maximum absolute atomic E-state index is 12.8. The first-order chi connectivity index (χ1) is 11.8. The molecule has 1 aliphatic heterocycles. The quantitative estimate of drug-likeness (QED) is 0.803. The molecule has 5 heteroatoms. The third kappa shape index (κ3) is 5.70. The van der Waals surface area contributed by atoms with E-state index in [1.165, 1.54) is 0 Å². The predicted octanol–water partition coefficient (Wildman–Crippen LogP) is 3.48. The molecule has 1 amide bonds. The van der Waals surface area contributed by atoms with Crippen LogP contribution in [0.1, 0.15) is 39.7 Å². The molecule has 0 radical (unpaired) electrons. The number of hydrogen-bond donors (Lipinski definition) is 1. The SMILES string of the molecule is CC(C)CC(CNC(=O)C(C)(C)c1ccc(Cl)cc1)N1CCOCC1. The highest BCUT2D eigenvalue weighted by Crippen LogP contribution is 2.25. The van der Waals surface area contributed by atoms with Crippen molar-refractivity contribution in [3.8, 4) is 0 Å². The van der Waals surface area contributed by atoms with Gasteiger partial charge in [-0.3, -0.25) is 9.69 Å². The van der Waals surface area contributed by atoms with Crippen molar-refractivity contribution >= 4 is 17.5 Å². The molecule has 0 spiro atoms. The van der Waals surface area contributed by atoms with E-state index in [9.17, 15) is 4.79 Å². The maximum Gasteiger partial charge on any atom is 0.230 e. The number of nitrogens with one attached hydrogen (secondary N) is 1. The van der Waals surface area contributed by atoms with Crippen molar-refractivity contribution < 1.29 is 9.53 Å². The third-order valence-electron chi connectivity index (χ3n) is 4.94. The first-order valence-electron chi connectivity index (χ1n) is 9.17. The van der Waals surface area contributed by atoms with Crippen molar-refractivity contribution in [3.05, 3.63) is 34.9 Å². The number of halogens is 1. The highest BCUT2D eigenvalue weighted by molar-refractivity contribution is 6.30. The van der Waals surface area contributed by atoms with Gasteiger partial charge in [0.15, 0.2) is 0 Å². The Morgan fingerprint density at radius 1 is 1.24 bits per heavy atom. The monoisotopic (exact) mass is 366 g/mol. The number of ether oxygens (including phenoxy) is 1. The Hall–Kier alpha value is -1.10. The standard InChI is InChI=1S/C20H31ClN2O2/c1-15(2)13-18(23-9-11-25-12-10-23)14-22-19(24)20(3,4)16-5-7-17(21)8-6-16/h5-8,15,18H,9-14H2,1-4H3,(H,22,24). The number of morpholine rings is 1. The van der Waals surface area contributed by atoms with Crippen LogP contribution >= 0.6 is 11.6 Å². The molecule has 140 valence electrons. The van der Waals surface area contributed by atoms with Crippen LogP contribution in [0.25, 0.3) is 0 Å². The van der Waals surface area contributed by atoms with Gasteiger partial charge < -0.3 is 10.1 Å². The lowest BCUT2D eigenvalue weighted by Crippen LogP contribution is -2.51. The van der Waals surface area contributed by atoms with Crippen molar-refractivity contribution in [1.82, 2.24) is 10.2 Å². The van der Waals surface area contributed by atoms with Crippen LogP contribution in [-0.2, 0) is 14.9 Å². The number of amides is 1. The van der Waals surface area contributed by atoms with Gasteiger partial charge in [0.25, 0.3) is 0 Å². The summed E-state index contributed by atoms with van der Waals surface area (Å²) in [6, 6.07) is 7.88. The Kier molecular flexibility index (Phi) is 7.29. The van der Waals surface area contributed by atoms with Crippen molar-refractivity contribution in [1.29, 1.82) is 0 Å². The number of carbonyl (C=O) groups excluding carboxylic acids is 1. The lowest BCUT2D eigenvalue weighted by atomic mass is 9.83. The summed E-state index contributed by atoms with van der Waals surface area (Å²) in [6.45, 7) is 12.5. The fraction of sp³-hybridized carbons (Fsp3) is 0.650. The van der Waals surface area contributed by atoms with Gasteiger partial charge in [-0.2, -0.15) is 0 Å². The summed E-state index contributed by atoms with van der Waals surface area (Å²) in [5.41, 5.74) is 0.388. The van der Waals surface area contributed by atoms with Crippen LogP contribution in [0.2, 0.25) is 5.02 Å². The summed E-state index contributed by atoms with van der Waals surface area (Å²) in [5, 5.41) is 3.87. The minimum Gasteiger partial charge on any atom is -0.379 e. The lowest BCUT2D eigenvalue weighted by Gasteiger charge is -2.36. The molecule has 0 saturated carbocycles. The first-order valence-corrected chi connectivity index (χ1v) is 9.54. The molecule has 1 heterocycles. The Morgan fingerprint density at radius 3 is 2.40 bits per heavy atom. The molecule has 2 rings (SSSR count). The second-order valence-electron chi connectivity index (χ2n) is 7.77. The molecule has 1 aromatic carbocycles. The molecular weight excluding hydrogens is 336 g/mol. The topological polar surface area (TPSA) is 41.6 Å². The average Bonchev–Trinajstić information content (AvgIpc) is 2.59. The summed E-state index contributed by atoms with van der Waals surface area (Å²) >= 11 is 5.96. The normalized spacial score (nSPS) is 17.5. The minimum absolute atomic E-state index is 0.0526. The molecule has 1 N–H and O–H groups in total. The van der Waals surface area contributed by atoms with E-state index in [1.807, 2.05) is 38.1 Å². The van der Waals surface area contributed by atoms with Gasteiger partial charge in [-0.1, -0.05) is 37.6 Å². The van der Waals surface area contributed by atoms with Crippen LogP contribution in [0.5, 0.6) is 0 Å². The summed E-state index contributed by atoms with van der Waals surface area (Å²) in [6.07, 6.45) is 1.07. The zero-order chi connectivity index (χ0) is 18.4. The second kappa shape index (κ2) is 9.02. The lowest BCUT2D eigenvalue weighted by molar-refractivity contribution is -0.126. The molecule has 1 unspecified atom stereocenters. The molecule has 1 saturated heterocycles. The number of carbonyl (C=O) groups is 1. The number of rotatable bonds is 7. The Labute approximate surface area is 156 Å². The molecule has 4 nitrogen and oxygen atoms in total. The third-order valence-corrected chi connectivity index (χ3v) is 5.19. The van der Waals surface area contributed by atoms with E-state index in [4.69, 9.17) is 16.3 Å². The van der Waals surface area contributed by atoms with Crippen LogP contribution in [0.4, 0.5) is 0 Å². The van der Waals surface area contributed by atoms with E-state index in [1.54, 1.807) is 0 Å². The number of benzene rings is 1. The smallest absolute Gasteiger partial charge is 0.230 e. The molecular formula is C20H31ClN2O2. The molecule has 1 atom stereocenters. The zero-order valence-corrected chi connectivity index (χ0v) is 16.6. The summed E-state index contributed by atoms with van der Waals surface area (Å²) < 4.78 is 5.46. The van der Waals surface area contributed by atoms with Gasteiger partial charge in [0.2, 0.25) is 5.91 Å². The van der Waals surface area contributed by atoms with E-state index in [-0.39, 0.29) is 5.91 Å². The van der Waals surface area contributed by atoms with E-state index >= 15 is 0 Å². The van der Waals surface area contributed by atoms with Crippen LogP contribution in [0.3, 0.4) is 0 Å². The average molecular weight is 367 g/mol. The first kappa shape index (κ1) is 20.2. The molecule has 0 bridgehead atoms.